The molecule has 0 spiro atoms. The SMILES string of the molecule is CCOCC(CC(C)CC)NN. The van der Waals surface area contributed by atoms with Gasteiger partial charge in [-0.05, 0) is 19.3 Å². The first-order valence-electron chi connectivity index (χ1n) is 4.78. The number of ether oxygens (including phenoxy) is 1. The van der Waals surface area contributed by atoms with Gasteiger partial charge >= 0.3 is 0 Å². The van der Waals surface area contributed by atoms with Crippen molar-refractivity contribution in [3.63, 3.8) is 0 Å². The first-order valence-corrected chi connectivity index (χ1v) is 4.78. The first-order chi connectivity index (χ1) is 5.74. The molecule has 0 saturated heterocycles. The van der Waals surface area contributed by atoms with Crippen LogP contribution in [0.15, 0.2) is 0 Å². The Bertz CT molecular complexity index is 98.5. The van der Waals surface area contributed by atoms with E-state index in [1.807, 2.05) is 6.92 Å². The van der Waals surface area contributed by atoms with Crippen molar-refractivity contribution < 1.29 is 4.74 Å². The Balaban J connectivity index is 3.51. The highest BCUT2D eigenvalue weighted by Crippen LogP contribution is 2.09. The van der Waals surface area contributed by atoms with Gasteiger partial charge in [0.1, 0.15) is 0 Å². The minimum absolute atomic E-state index is 0.305. The summed E-state index contributed by atoms with van der Waals surface area (Å²) in [6, 6.07) is 0.305. The fourth-order valence-corrected chi connectivity index (χ4v) is 1.10. The van der Waals surface area contributed by atoms with E-state index in [0.29, 0.717) is 12.0 Å². The molecular weight excluding hydrogens is 152 g/mol. The molecule has 0 saturated carbocycles. The molecule has 3 nitrogen and oxygen atoms in total. The number of hydrazine groups is 1. The molecule has 0 fully saturated rings. The van der Waals surface area contributed by atoms with Crippen molar-refractivity contribution in [2.75, 3.05) is 13.2 Å². The number of nitrogens with two attached hydrogens (primary N) is 1. The lowest BCUT2D eigenvalue weighted by molar-refractivity contribution is 0.115. The van der Waals surface area contributed by atoms with Crippen LogP contribution >= 0.6 is 0 Å². The second-order valence-corrected chi connectivity index (χ2v) is 3.27. The monoisotopic (exact) mass is 174 g/mol. The van der Waals surface area contributed by atoms with Gasteiger partial charge < -0.3 is 4.74 Å². The molecule has 74 valence electrons. The molecule has 0 aliphatic rings. The van der Waals surface area contributed by atoms with Crippen LogP contribution in [0.3, 0.4) is 0 Å². The predicted molar refractivity (Wildman–Crippen MR) is 51.7 cm³/mol. The molecule has 0 aliphatic carbocycles. The summed E-state index contributed by atoms with van der Waals surface area (Å²) < 4.78 is 5.29. The van der Waals surface area contributed by atoms with E-state index in [2.05, 4.69) is 19.3 Å². The van der Waals surface area contributed by atoms with Gasteiger partial charge in [-0.15, -0.1) is 0 Å². The highest BCUT2D eigenvalue weighted by Gasteiger charge is 2.09. The van der Waals surface area contributed by atoms with Crippen LogP contribution in [0.4, 0.5) is 0 Å². The van der Waals surface area contributed by atoms with Gasteiger partial charge in [0.2, 0.25) is 0 Å². The molecule has 0 rings (SSSR count). The number of hydrogen-bond donors (Lipinski definition) is 2. The molecule has 3 N–H and O–H groups in total. The highest BCUT2D eigenvalue weighted by atomic mass is 16.5. The topological polar surface area (TPSA) is 47.3 Å². The lowest BCUT2D eigenvalue weighted by Crippen LogP contribution is -2.39. The molecule has 0 aromatic heterocycles. The van der Waals surface area contributed by atoms with Crippen molar-refractivity contribution in [3.8, 4) is 0 Å². The van der Waals surface area contributed by atoms with Crippen LogP contribution in [-0.2, 0) is 4.74 Å². The summed E-state index contributed by atoms with van der Waals surface area (Å²) in [6.07, 6.45) is 2.29. The van der Waals surface area contributed by atoms with E-state index in [1.165, 1.54) is 6.42 Å². The summed E-state index contributed by atoms with van der Waals surface area (Å²) in [4.78, 5) is 0. The Labute approximate surface area is 75.6 Å². The zero-order valence-electron chi connectivity index (χ0n) is 8.47. The second kappa shape index (κ2) is 7.53. The standard InChI is InChI=1S/C9H22N2O/c1-4-8(3)6-9(11-10)7-12-5-2/h8-9,11H,4-7,10H2,1-3H3. The van der Waals surface area contributed by atoms with Crippen molar-refractivity contribution in [1.29, 1.82) is 0 Å². The van der Waals surface area contributed by atoms with E-state index in [9.17, 15) is 0 Å². The molecule has 0 aromatic carbocycles. The van der Waals surface area contributed by atoms with Crippen molar-refractivity contribution in [2.45, 2.75) is 39.7 Å². The molecule has 3 heteroatoms. The molecule has 2 unspecified atom stereocenters. The molecule has 0 radical (unpaired) electrons. The van der Waals surface area contributed by atoms with E-state index in [0.717, 1.165) is 19.6 Å². The zero-order chi connectivity index (χ0) is 9.40. The van der Waals surface area contributed by atoms with Crippen LogP contribution in [0, 0.1) is 5.92 Å². The normalized spacial score (nSPS) is 16.0. The lowest BCUT2D eigenvalue weighted by atomic mass is 10.0. The largest absolute Gasteiger partial charge is 0.380 e. The molecule has 0 bridgehead atoms. The van der Waals surface area contributed by atoms with Crippen molar-refractivity contribution in [1.82, 2.24) is 5.43 Å². The van der Waals surface area contributed by atoms with E-state index >= 15 is 0 Å². The summed E-state index contributed by atoms with van der Waals surface area (Å²) in [6.45, 7) is 7.90. The minimum Gasteiger partial charge on any atom is -0.380 e. The highest BCUT2D eigenvalue weighted by molar-refractivity contribution is 4.65. The van der Waals surface area contributed by atoms with Crippen LogP contribution in [0.1, 0.15) is 33.6 Å². The van der Waals surface area contributed by atoms with Gasteiger partial charge in [0.25, 0.3) is 0 Å². The Morgan fingerprint density at radius 1 is 1.42 bits per heavy atom. The van der Waals surface area contributed by atoms with E-state index in [1.54, 1.807) is 0 Å². The van der Waals surface area contributed by atoms with Crippen molar-refractivity contribution >= 4 is 0 Å². The Morgan fingerprint density at radius 3 is 2.50 bits per heavy atom. The maximum Gasteiger partial charge on any atom is 0.0633 e. The van der Waals surface area contributed by atoms with Crippen LogP contribution in [0.2, 0.25) is 0 Å². The number of hydrogen-bond acceptors (Lipinski definition) is 3. The number of nitrogens with one attached hydrogen (secondary N) is 1. The minimum atomic E-state index is 0.305. The van der Waals surface area contributed by atoms with E-state index in [-0.39, 0.29) is 0 Å². The van der Waals surface area contributed by atoms with E-state index < -0.39 is 0 Å². The predicted octanol–water partition coefficient (Wildman–Crippen LogP) is 1.29. The fourth-order valence-electron chi connectivity index (χ4n) is 1.10. The maximum absolute atomic E-state index is 5.39. The number of rotatable bonds is 7. The molecule has 0 aromatic rings. The lowest BCUT2D eigenvalue weighted by Gasteiger charge is -2.18. The van der Waals surface area contributed by atoms with Gasteiger partial charge in [-0.25, -0.2) is 0 Å². The Morgan fingerprint density at radius 2 is 2.08 bits per heavy atom. The van der Waals surface area contributed by atoms with E-state index in [4.69, 9.17) is 10.6 Å². The molecule has 0 aliphatic heterocycles. The van der Waals surface area contributed by atoms with Gasteiger partial charge in [0.05, 0.1) is 6.61 Å². The Kier molecular flexibility index (Phi) is 7.45. The van der Waals surface area contributed by atoms with Crippen molar-refractivity contribution in [2.24, 2.45) is 11.8 Å². The summed E-state index contributed by atoms with van der Waals surface area (Å²) in [5, 5.41) is 0. The van der Waals surface area contributed by atoms with Crippen LogP contribution in [0.25, 0.3) is 0 Å². The fraction of sp³-hybridized carbons (Fsp3) is 1.00. The van der Waals surface area contributed by atoms with Crippen LogP contribution in [-0.4, -0.2) is 19.3 Å². The third-order valence-electron chi connectivity index (χ3n) is 2.14. The third kappa shape index (κ3) is 5.52. The summed E-state index contributed by atoms with van der Waals surface area (Å²) in [7, 11) is 0. The van der Waals surface area contributed by atoms with Gasteiger partial charge in [-0.1, -0.05) is 20.3 Å². The smallest absolute Gasteiger partial charge is 0.0633 e. The molecule has 0 amide bonds. The third-order valence-corrected chi connectivity index (χ3v) is 2.14. The van der Waals surface area contributed by atoms with Gasteiger partial charge in [0, 0.05) is 12.6 Å². The molecule has 12 heavy (non-hydrogen) atoms. The average Bonchev–Trinajstić information content (AvgIpc) is 2.11. The van der Waals surface area contributed by atoms with Crippen LogP contribution in [0.5, 0.6) is 0 Å². The summed E-state index contributed by atoms with van der Waals surface area (Å²) >= 11 is 0. The maximum atomic E-state index is 5.39. The second-order valence-electron chi connectivity index (χ2n) is 3.27. The summed E-state index contributed by atoms with van der Waals surface area (Å²) in [5.41, 5.74) is 2.78. The first kappa shape index (κ1) is 11.9. The zero-order valence-corrected chi connectivity index (χ0v) is 8.47. The molecule has 2 atom stereocenters. The van der Waals surface area contributed by atoms with Crippen LogP contribution < -0.4 is 11.3 Å². The van der Waals surface area contributed by atoms with Gasteiger partial charge in [0.15, 0.2) is 0 Å². The summed E-state index contributed by atoms with van der Waals surface area (Å²) in [5.74, 6) is 6.10. The quantitative estimate of drug-likeness (QED) is 0.451. The average molecular weight is 174 g/mol. The van der Waals surface area contributed by atoms with Gasteiger partial charge in [-0.3, -0.25) is 11.3 Å². The van der Waals surface area contributed by atoms with Crippen molar-refractivity contribution in [3.05, 3.63) is 0 Å². The van der Waals surface area contributed by atoms with Gasteiger partial charge in [-0.2, -0.15) is 0 Å². The Hall–Kier alpha value is -0.120. The molecular formula is C9H22N2O. The molecule has 0 heterocycles.